The van der Waals surface area contributed by atoms with Crippen LogP contribution in [0.25, 0.3) is 22.4 Å². The third kappa shape index (κ3) is 5.06. The van der Waals surface area contributed by atoms with Gasteiger partial charge in [0, 0.05) is 50.0 Å². The van der Waals surface area contributed by atoms with Gasteiger partial charge in [-0.1, -0.05) is 6.07 Å². The lowest BCUT2D eigenvalue weighted by molar-refractivity contribution is -0.142. The molecule has 0 saturated carbocycles. The van der Waals surface area contributed by atoms with Gasteiger partial charge in [-0.2, -0.15) is 0 Å². The number of aryl methyl sites for hydroxylation is 2. The Kier molecular flexibility index (Phi) is 7.16. The molecule has 0 bridgehead atoms. The predicted octanol–water partition coefficient (Wildman–Crippen LogP) is 2.06. The van der Waals surface area contributed by atoms with E-state index >= 15 is 0 Å². The smallest absolute Gasteiger partial charge is 0.323 e. The molecule has 34 heavy (non-hydrogen) atoms. The maximum atomic E-state index is 12.2. The molecule has 3 N–H and O–H groups in total. The lowest BCUT2D eigenvalue weighted by atomic mass is 10.0. The second-order valence-corrected chi connectivity index (χ2v) is 9.22. The average molecular weight is 469 g/mol. The largest absolute Gasteiger partial charge is 0.480 e. The van der Waals surface area contributed by atoms with E-state index in [1.165, 1.54) is 6.92 Å². The molecule has 3 heterocycles. The SMILES string of the molecule is Cc1cc(-c2nc3ccc(CNC(C(=O)O)C(C)O)cc3n2C[C@H]2CCCOC2)cn(C)c1=O. The number of carboxylic acids is 1. The summed E-state index contributed by atoms with van der Waals surface area (Å²) >= 11 is 0. The zero-order valence-corrected chi connectivity index (χ0v) is 19.8. The molecule has 9 nitrogen and oxygen atoms in total. The minimum atomic E-state index is -1.09. The van der Waals surface area contributed by atoms with Crippen LogP contribution in [0.1, 0.15) is 30.9 Å². The fraction of sp³-hybridized carbons (Fsp3) is 0.480. The van der Waals surface area contributed by atoms with E-state index in [2.05, 4.69) is 9.88 Å². The van der Waals surface area contributed by atoms with Crippen LogP contribution in [-0.4, -0.2) is 55.7 Å². The van der Waals surface area contributed by atoms with Gasteiger partial charge < -0.3 is 24.1 Å². The Bertz CT molecular complexity index is 1210. The van der Waals surface area contributed by atoms with Crippen molar-refractivity contribution in [3.05, 3.63) is 51.9 Å². The lowest BCUT2D eigenvalue weighted by Gasteiger charge is -2.24. The van der Waals surface area contributed by atoms with Crippen molar-refractivity contribution >= 4 is 17.0 Å². The molecular weight excluding hydrogens is 436 g/mol. The number of nitrogens with one attached hydrogen (secondary N) is 1. The Balaban J connectivity index is 1.75. The number of pyridine rings is 1. The number of hydrogen-bond donors (Lipinski definition) is 3. The first-order valence-corrected chi connectivity index (χ1v) is 11.6. The summed E-state index contributed by atoms with van der Waals surface area (Å²) in [6, 6.07) is 6.67. The fourth-order valence-corrected chi connectivity index (χ4v) is 4.59. The van der Waals surface area contributed by atoms with Crippen molar-refractivity contribution in [2.45, 2.75) is 51.9 Å². The Labute approximate surface area is 198 Å². The van der Waals surface area contributed by atoms with Crippen LogP contribution in [0, 0.1) is 12.8 Å². The van der Waals surface area contributed by atoms with Crippen molar-refractivity contribution in [2.24, 2.45) is 13.0 Å². The third-order valence-electron chi connectivity index (χ3n) is 6.40. The van der Waals surface area contributed by atoms with Crippen molar-refractivity contribution in [2.75, 3.05) is 13.2 Å². The van der Waals surface area contributed by atoms with Crippen molar-refractivity contribution < 1.29 is 19.7 Å². The van der Waals surface area contributed by atoms with Gasteiger partial charge in [-0.3, -0.25) is 14.9 Å². The van der Waals surface area contributed by atoms with E-state index in [1.807, 2.05) is 30.5 Å². The zero-order chi connectivity index (χ0) is 24.4. The highest BCUT2D eigenvalue weighted by Gasteiger charge is 2.23. The van der Waals surface area contributed by atoms with E-state index < -0.39 is 18.1 Å². The summed E-state index contributed by atoms with van der Waals surface area (Å²) in [6.45, 7) is 5.77. The molecular formula is C25H32N4O5. The number of imidazole rings is 1. The van der Waals surface area contributed by atoms with Crippen LogP contribution in [0.4, 0.5) is 0 Å². The number of carbonyl (C=O) groups is 1. The third-order valence-corrected chi connectivity index (χ3v) is 6.40. The zero-order valence-electron chi connectivity index (χ0n) is 19.8. The second-order valence-electron chi connectivity index (χ2n) is 9.22. The summed E-state index contributed by atoms with van der Waals surface area (Å²) in [7, 11) is 1.74. The summed E-state index contributed by atoms with van der Waals surface area (Å²) in [5, 5.41) is 22.0. The van der Waals surface area contributed by atoms with Gasteiger partial charge >= 0.3 is 5.97 Å². The van der Waals surface area contributed by atoms with E-state index in [0.717, 1.165) is 54.0 Å². The summed E-state index contributed by atoms with van der Waals surface area (Å²) in [4.78, 5) is 28.6. The van der Waals surface area contributed by atoms with Gasteiger partial charge in [-0.05, 0) is 50.5 Å². The topological polar surface area (TPSA) is 119 Å². The quantitative estimate of drug-likeness (QED) is 0.463. The maximum absolute atomic E-state index is 12.2. The molecule has 2 unspecified atom stereocenters. The van der Waals surface area contributed by atoms with Crippen LogP contribution < -0.4 is 10.9 Å². The van der Waals surface area contributed by atoms with E-state index in [9.17, 15) is 19.8 Å². The van der Waals surface area contributed by atoms with E-state index in [1.54, 1.807) is 18.5 Å². The monoisotopic (exact) mass is 468 g/mol. The predicted molar refractivity (Wildman–Crippen MR) is 129 cm³/mol. The normalized spacial score (nSPS) is 18.2. The number of aliphatic hydroxyl groups is 1. The van der Waals surface area contributed by atoms with Crippen LogP contribution in [0.2, 0.25) is 0 Å². The van der Waals surface area contributed by atoms with Crippen LogP contribution in [0.3, 0.4) is 0 Å². The molecule has 9 heteroatoms. The number of aliphatic carboxylic acids is 1. The number of aliphatic hydroxyl groups excluding tert-OH is 1. The number of carboxylic acid groups (broad SMARTS) is 1. The molecule has 1 fully saturated rings. The first kappa shape index (κ1) is 24.1. The second kappa shape index (κ2) is 10.1. The van der Waals surface area contributed by atoms with Gasteiger partial charge in [0.2, 0.25) is 0 Å². The molecule has 3 aromatic rings. The molecule has 1 saturated heterocycles. The number of benzene rings is 1. The minimum absolute atomic E-state index is 0.0356. The van der Waals surface area contributed by atoms with Crippen LogP contribution in [-0.2, 0) is 29.7 Å². The summed E-state index contributed by atoms with van der Waals surface area (Å²) < 4.78 is 9.47. The molecule has 0 amide bonds. The average Bonchev–Trinajstić information content (AvgIpc) is 3.15. The first-order valence-electron chi connectivity index (χ1n) is 11.6. The Morgan fingerprint density at radius 3 is 2.79 bits per heavy atom. The number of fused-ring (bicyclic) bond motifs is 1. The number of nitrogens with zero attached hydrogens (tertiary/aromatic N) is 3. The molecule has 3 atom stereocenters. The fourth-order valence-electron chi connectivity index (χ4n) is 4.59. The molecule has 0 aliphatic carbocycles. The van der Waals surface area contributed by atoms with Gasteiger partial charge in [0.15, 0.2) is 0 Å². The number of hydrogen-bond acceptors (Lipinski definition) is 6. The summed E-state index contributed by atoms with van der Waals surface area (Å²) in [5.74, 6) is 0.0504. The van der Waals surface area contributed by atoms with Gasteiger partial charge in [-0.25, -0.2) is 4.98 Å². The van der Waals surface area contributed by atoms with Crippen molar-refractivity contribution in [3.63, 3.8) is 0 Å². The van der Waals surface area contributed by atoms with E-state index in [0.29, 0.717) is 24.6 Å². The van der Waals surface area contributed by atoms with Gasteiger partial charge in [0.25, 0.3) is 5.56 Å². The number of ether oxygens (including phenoxy) is 1. The highest BCUT2D eigenvalue weighted by atomic mass is 16.5. The van der Waals surface area contributed by atoms with E-state index in [-0.39, 0.29) is 5.56 Å². The van der Waals surface area contributed by atoms with Gasteiger partial charge in [-0.15, -0.1) is 0 Å². The number of rotatable bonds is 8. The summed E-state index contributed by atoms with van der Waals surface area (Å²) in [6.07, 6.45) is 2.89. The molecule has 1 aliphatic rings. The van der Waals surface area contributed by atoms with Crippen LogP contribution in [0.15, 0.2) is 35.3 Å². The Morgan fingerprint density at radius 1 is 1.35 bits per heavy atom. The molecule has 1 aromatic carbocycles. The van der Waals surface area contributed by atoms with Crippen molar-refractivity contribution in [3.8, 4) is 11.4 Å². The maximum Gasteiger partial charge on any atom is 0.323 e. The highest BCUT2D eigenvalue weighted by molar-refractivity contribution is 5.81. The Morgan fingerprint density at radius 2 is 2.15 bits per heavy atom. The molecule has 2 aromatic heterocycles. The van der Waals surface area contributed by atoms with Gasteiger partial charge in [0.05, 0.1) is 23.7 Å². The van der Waals surface area contributed by atoms with Crippen molar-refractivity contribution in [1.29, 1.82) is 0 Å². The van der Waals surface area contributed by atoms with Crippen molar-refractivity contribution in [1.82, 2.24) is 19.4 Å². The molecule has 0 radical (unpaired) electrons. The summed E-state index contributed by atoms with van der Waals surface area (Å²) in [5.41, 5.74) is 4.15. The number of aromatic nitrogens is 3. The lowest BCUT2D eigenvalue weighted by Crippen LogP contribution is -2.44. The standard InChI is InChI=1S/C25H32N4O5/c1-15-9-19(13-28(3)24(15)31)23-27-20-7-6-17(11-26-22(16(2)30)25(32)33)10-21(20)29(23)12-18-5-4-8-34-14-18/h6-7,9-10,13,16,18,22,26,30H,4-5,8,11-12,14H2,1-3H3,(H,32,33)/t16?,18-,22?/m1/s1. The first-order chi connectivity index (χ1) is 16.2. The Hall–Kier alpha value is -3.01. The molecule has 1 aliphatic heterocycles. The van der Waals surface area contributed by atoms with Crippen LogP contribution in [0.5, 0.6) is 0 Å². The van der Waals surface area contributed by atoms with Crippen LogP contribution >= 0.6 is 0 Å². The minimum Gasteiger partial charge on any atom is -0.480 e. The molecule has 182 valence electrons. The highest BCUT2D eigenvalue weighted by Crippen LogP contribution is 2.28. The molecule has 4 rings (SSSR count). The van der Waals surface area contributed by atoms with E-state index in [4.69, 9.17) is 9.72 Å². The van der Waals surface area contributed by atoms with Gasteiger partial charge in [0.1, 0.15) is 11.9 Å². The molecule has 0 spiro atoms.